The summed E-state index contributed by atoms with van der Waals surface area (Å²) in [5.74, 6) is -4.93. The fourth-order valence-electron chi connectivity index (χ4n) is 2.89. The van der Waals surface area contributed by atoms with E-state index in [0.29, 0.717) is 10.0 Å². The molecule has 0 spiro atoms. The molecule has 122 valence electrons. The molecule has 0 fully saturated rings. The van der Waals surface area contributed by atoms with E-state index in [1.807, 2.05) is 0 Å². The van der Waals surface area contributed by atoms with Gasteiger partial charge in [0.1, 0.15) is 0 Å². The van der Waals surface area contributed by atoms with E-state index in [1.54, 1.807) is 12.1 Å². The predicted octanol–water partition coefficient (Wildman–Crippen LogP) is -0.143. The first-order valence-corrected chi connectivity index (χ1v) is 7.13. The summed E-state index contributed by atoms with van der Waals surface area (Å²) in [6.45, 7) is 0. The summed E-state index contributed by atoms with van der Waals surface area (Å²) in [4.78, 5) is 60.9. The highest BCUT2D eigenvalue weighted by Gasteiger charge is 2.48. The lowest BCUT2D eigenvalue weighted by Crippen LogP contribution is -2.49. The predicted molar refractivity (Wildman–Crippen MR) is 78.2 cm³/mol. The van der Waals surface area contributed by atoms with Crippen LogP contribution in [0.2, 0.25) is 0 Å². The van der Waals surface area contributed by atoms with Gasteiger partial charge in [0.2, 0.25) is 0 Å². The molecule has 8 nitrogen and oxygen atoms in total. The van der Waals surface area contributed by atoms with Gasteiger partial charge in [-0.05, 0) is 29.8 Å². The molecule has 2 aromatic carbocycles. The molecule has 4 amide bonds. The van der Waals surface area contributed by atoms with Crippen molar-refractivity contribution in [3.05, 3.63) is 70.3 Å². The number of hydrazine groups is 1. The standard InChI is InChI=1S/C17H8N2O6/c20-13-9-3-1-2-4-10(9)14(21)18(13)19-15(22)11-6-5-8(17(24)25)7-12(11)16(19)23/h1-7H,(H,24,25)/p-1. The van der Waals surface area contributed by atoms with Gasteiger partial charge < -0.3 is 9.90 Å². The SMILES string of the molecule is O=C([O-])c1ccc2c(c1)C(=O)N(N1C(=O)c3ccccc3C1=O)C2=O. The summed E-state index contributed by atoms with van der Waals surface area (Å²) < 4.78 is 0. The maximum absolute atomic E-state index is 12.6. The van der Waals surface area contributed by atoms with Crippen LogP contribution < -0.4 is 5.11 Å². The van der Waals surface area contributed by atoms with E-state index >= 15 is 0 Å². The second-order valence-electron chi connectivity index (χ2n) is 5.44. The van der Waals surface area contributed by atoms with Crippen molar-refractivity contribution in [2.24, 2.45) is 0 Å². The van der Waals surface area contributed by atoms with Crippen LogP contribution in [0, 0.1) is 0 Å². The zero-order valence-corrected chi connectivity index (χ0v) is 12.4. The molecule has 0 atom stereocenters. The van der Waals surface area contributed by atoms with Gasteiger partial charge in [0.25, 0.3) is 23.6 Å². The van der Waals surface area contributed by atoms with Gasteiger partial charge in [0.05, 0.1) is 28.2 Å². The first-order chi connectivity index (χ1) is 11.9. The van der Waals surface area contributed by atoms with Crippen LogP contribution in [0.4, 0.5) is 0 Å². The van der Waals surface area contributed by atoms with E-state index in [1.165, 1.54) is 12.1 Å². The average Bonchev–Trinajstić information content (AvgIpc) is 3.00. The van der Waals surface area contributed by atoms with Gasteiger partial charge in [0.15, 0.2) is 0 Å². The quantitative estimate of drug-likeness (QED) is 0.705. The summed E-state index contributed by atoms with van der Waals surface area (Å²) in [6, 6.07) is 9.21. The number of amides is 4. The van der Waals surface area contributed by atoms with Crippen LogP contribution in [0.25, 0.3) is 0 Å². The highest BCUT2D eigenvalue weighted by atomic mass is 16.4. The lowest BCUT2D eigenvalue weighted by Gasteiger charge is -2.23. The number of aromatic carboxylic acids is 1. The highest BCUT2D eigenvalue weighted by Crippen LogP contribution is 2.31. The fraction of sp³-hybridized carbons (Fsp3) is 0. The molecule has 4 rings (SSSR count). The number of carboxylic acids is 1. The van der Waals surface area contributed by atoms with Gasteiger partial charge in [-0.15, -0.1) is 0 Å². The molecular formula is C17H7N2O6-. The smallest absolute Gasteiger partial charge is 0.281 e. The molecule has 8 heteroatoms. The normalized spacial score (nSPS) is 15.7. The summed E-state index contributed by atoms with van der Waals surface area (Å²) in [6.07, 6.45) is 0. The Morgan fingerprint density at radius 1 is 0.680 bits per heavy atom. The average molecular weight is 335 g/mol. The van der Waals surface area contributed by atoms with Crippen LogP contribution >= 0.6 is 0 Å². The van der Waals surface area contributed by atoms with Crippen molar-refractivity contribution in [3.63, 3.8) is 0 Å². The number of imide groups is 2. The summed E-state index contributed by atoms with van der Waals surface area (Å²) in [7, 11) is 0. The number of benzene rings is 2. The minimum atomic E-state index is -1.51. The Morgan fingerprint density at radius 3 is 1.60 bits per heavy atom. The molecular weight excluding hydrogens is 328 g/mol. The lowest BCUT2D eigenvalue weighted by molar-refractivity contribution is -0.255. The summed E-state index contributed by atoms with van der Waals surface area (Å²) in [5.41, 5.74) is -0.419. The lowest BCUT2D eigenvalue weighted by atomic mass is 10.1. The first kappa shape index (κ1) is 14.8. The van der Waals surface area contributed by atoms with Gasteiger partial charge >= 0.3 is 0 Å². The van der Waals surface area contributed by atoms with Crippen molar-refractivity contribution < 1.29 is 29.1 Å². The van der Waals surface area contributed by atoms with Crippen molar-refractivity contribution in [2.75, 3.05) is 0 Å². The second kappa shape index (κ2) is 4.84. The molecule has 0 unspecified atom stereocenters. The van der Waals surface area contributed by atoms with Gasteiger partial charge in [0, 0.05) is 0 Å². The molecule has 0 saturated carbocycles. The molecule has 25 heavy (non-hydrogen) atoms. The number of carboxylic acid groups (broad SMARTS) is 1. The zero-order chi connectivity index (χ0) is 17.9. The number of nitrogens with zero attached hydrogens (tertiary/aromatic N) is 2. The Labute approximate surface area is 139 Å². The van der Waals surface area contributed by atoms with Gasteiger partial charge in [-0.2, -0.15) is 10.0 Å². The number of carbonyl (C=O) groups is 5. The monoisotopic (exact) mass is 335 g/mol. The maximum atomic E-state index is 12.6. The molecule has 0 aromatic heterocycles. The first-order valence-electron chi connectivity index (χ1n) is 7.13. The molecule has 0 radical (unpaired) electrons. The Hall–Kier alpha value is -3.81. The van der Waals surface area contributed by atoms with E-state index in [4.69, 9.17) is 0 Å². The molecule has 2 aliphatic rings. The zero-order valence-electron chi connectivity index (χ0n) is 12.4. The van der Waals surface area contributed by atoms with Crippen molar-refractivity contribution in [2.45, 2.75) is 0 Å². The van der Waals surface area contributed by atoms with Crippen molar-refractivity contribution in [3.8, 4) is 0 Å². The molecule has 0 N–H and O–H groups in total. The molecule has 0 bridgehead atoms. The van der Waals surface area contributed by atoms with Gasteiger partial charge in [-0.3, -0.25) is 19.2 Å². The van der Waals surface area contributed by atoms with Crippen molar-refractivity contribution in [1.82, 2.24) is 10.0 Å². The van der Waals surface area contributed by atoms with E-state index in [2.05, 4.69) is 0 Å². The van der Waals surface area contributed by atoms with Crippen molar-refractivity contribution >= 4 is 29.6 Å². The summed E-state index contributed by atoms with van der Waals surface area (Å²) >= 11 is 0. The third-order valence-electron chi connectivity index (χ3n) is 4.07. The van der Waals surface area contributed by atoms with E-state index in [-0.39, 0.29) is 27.8 Å². The third-order valence-corrected chi connectivity index (χ3v) is 4.07. The van der Waals surface area contributed by atoms with E-state index < -0.39 is 29.6 Å². The Bertz CT molecular complexity index is 991. The molecule has 0 saturated heterocycles. The van der Waals surface area contributed by atoms with Crippen LogP contribution in [0.3, 0.4) is 0 Å². The van der Waals surface area contributed by atoms with Crippen LogP contribution in [0.1, 0.15) is 51.8 Å². The fourth-order valence-corrected chi connectivity index (χ4v) is 2.89. The Kier molecular flexibility index (Phi) is 2.86. The minimum absolute atomic E-state index is 0.0829. The van der Waals surface area contributed by atoms with Gasteiger partial charge in [-0.25, -0.2) is 0 Å². The maximum Gasteiger partial charge on any atom is 0.281 e. The van der Waals surface area contributed by atoms with E-state index in [9.17, 15) is 29.1 Å². The van der Waals surface area contributed by atoms with Crippen molar-refractivity contribution in [1.29, 1.82) is 0 Å². The number of rotatable bonds is 2. The number of fused-ring (bicyclic) bond motifs is 2. The molecule has 2 aliphatic heterocycles. The van der Waals surface area contributed by atoms with Crippen LogP contribution in [0.15, 0.2) is 42.5 Å². The van der Waals surface area contributed by atoms with Gasteiger partial charge in [-0.1, -0.05) is 18.2 Å². The Morgan fingerprint density at radius 2 is 1.12 bits per heavy atom. The van der Waals surface area contributed by atoms with Crippen LogP contribution in [0.5, 0.6) is 0 Å². The largest absolute Gasteiger partial charge is 0.545 e. The van der Waals surface area contributed by atoms with Crippen LogP contribution in [-0.2, 0) is 0 Å². The number of hydrogen-bond donors (Lipinski definition) is 0. The number of hydrogen-bond acceptors (Lipinski definition) is 6. The molecule has 2 aromatic rings. The minimum Gasteiger partial charge on any atom is -0.545 e. The Balaban J connectivity index is 1.80. The highest BCUT2D eigenvalue weighted by molar-refractivity contribution is 6.28. The number of carbonyl (C=O) groups excluding carboxylic acids is 5. The molecule has 2 heterocycles. The van der Waals surface area contributed by atoms with E-state index in [0.717, 1.165) is 18.2 Å². The summed E-state index contributed by atoms with van der Waals surface area (Å²) in [5, 5.41) is 11.9. The second-order valence-corrected chi connectivity index (χ2v) is 5.44. The molecule has 0 aliphatic carbocycles. The third kappa shape index (κ3) is 1.84. The topological polar surface area (TPSA) is 115 Å². The van der Waals surface area contributed by atoms with Crippen LogP contribution in [-0.4, -0.2) is 39.6 Å².